The van der Waals surface area contributed by atoms with Crippen molar-refractivity contribution in [2.75, 3.05) is 26.2 Å². The number of alkyl halides is 3. The fraction of sp³-hybridized carbons (Fsp3) is 0.500. The van der Waals surface area contributed by atoms with Gasteiger partial charge in [-0.15, -0.1) is 12.4 Å². The zero-order valence-electron chi connectivity index (χ0n) is 12.0. The van der Waals surface area contributed by atoms with Crippen molar-refractivity contribution >= 4 is 18.3 Å². The number of ether oxygens (including phenoxy) is 1. The quantitative estimate of drug-likeness (QED) is 0.919. The minimum Gasteiger partial charge on any atom is -0.484 e. The van der Waals surface area contributed by atoms with Crippen LogP contribution < -0.4 is 10.1 Å². The van der Waals surface area contributed by atoms with Crippen LogP contribution in [-0.2, 0) is 11.0 Å². The van der Waals surface area contributed by atoms with E-state index < -0.39 is 11.7 Å². The summed E-state index contributed by atoms with van der Waals surface area (Å²) in [5.41, 5.74) is -0.789. The van der Waals surface area contributed by atoms with Crippen molar-refractivity contribution in [3.8, 4) is 5.75 Å². The third kappa shape index (κ3) is 4.78. The summed E-state index contributed by atoms with van der Waals surface area (Å²) in [5, 5.41) is 3.16. The van der Waals surface area contributed by atoms with Crippen LogP contribution in [0.4, 0.5) is 13.2 Å². The summed E-state index contributed by atoms with van der Waals surface area (Å²) >= 11 is 0. The van der Waals surface area contributed by atoms with Gasteiger partial charge in [-0.3, -0.25) is 4.79 Å². The zero-order valence-corrected chi connectivity index (χ0v) is 12.8. The van der Waals surface area contributed by atoms with Gasteiger partial charge in [0.1, 0.15) is 5.75 Å². The average Bonchev–Trinajstić information content (AvgIpc) is 2.45. The normalized spacial score (nSPS) is 18.5. The highest BCUT2D eigenvalue weighted by Crippen LogP contribution is 2.31. The summed E-state index contributed by atoms with van der Waals surface area (Å²) in [6.07, 6.45) is -4.42. The molecule has 1 saturated heterocycles. The van der Waals surface area contributed by atoms with Crippen LogP contribution in [0.1, 0.15) is 12.5 Å². The molecule has 1 atom stereocenters. The Hall–Kier alpha value is -1.47. The summed E-state index contributed by atoms with van der Waals surface area (Å²) in [6.45, 7) is 3.64. The topological polar surface area (TPSA) is 41.6 Å². The lowest BCUT2D eigenvalue weighted by molar-refractivity contribution is -0.137. The fourth-order valence-corrected chi connectivity index (χ4v) is 2.20. The molecule has 0 saturated carbocycles. The summed E-state index contributed by atoms with van der Waals surface area (Å²) in [7, 11) is 0. The Kier molecular flexibility index (Phi) is 6.49. The van der Waals surface area contributed by atoms with E-state index in [1.165, 1.54) is 12.1 Å². The van der Waals surface area contributed by atoms with Crippen LogP contribution in [0.5, 0.6) is 5.75 Å². The predicted octanol–water partition coefficient (Wildman–Crippen LogP) is 2.33. The van der Waals surface area contributed by atoms with Gasteiger partial charge in [0.2, 0.25) is 0 Å². The van der Waals surface area contributed by atoms with Gasteiger partial charge in [-0.1, -0.05) is 6.07 Å². The standard InChI is InChI=1S/C14H17F3N2O2.ClH/c1-10-8-18-5-6-19(10)13(20)9-21-12-4-2-3-11(7-12)14(15,16)17;/h2-4,7,10,18H,5-6,8-9H2,1H3;1H/t10-;/m0./s1. The largest absolute Gasteiger partial charge is 0.484 e. The van der Waals surface area contributed by atoms with Crippen LogP contribution in [0.3, 0.4) is 0 Å². The van der Waals surface area contributed by atoms with E-state index in [1.54, 1.807) is 4.90 Å². The summed E-state index contributed by atoms with van der Waals surface area (Å²) < 4.78 is 42.9. The van der Waals surface area contributed by atoms with Gasteiger partial charge in [-0.25, -0.2) is 0 Å². The number of carbonyl (C=O) groups excluding carboxylic acids is 1. The first-order valence-electron chi connectivity index (χ1n) is 6.68. The monoisotopic (exact) mass is 338 g/mol. The van der Waals surface area contributed by atoms with Crippen LogP contribution >= 0.6 is 12.4 Å². The second kappa shape index (κ2) is 7.69. The van der Waals surface area contributed by atoms with Crippen LogP contribution in [-0.4, -0.2) is 43.1 Å². The molecule has 1 N–H and O–H groups in total. The Bertz CT molecular complexity index is 511. The number of nitrogens with zero attached hydrogens (tertiary/aromatic N) is 1. The van der Waals surface area contributed by atoms with E-state index in [1.807, 2.05) is 6.92 Å². The van der Waals surface area contributed by atoms with Gasteiger partial charge in [0.05, 0.1) is 5.56 Å². The van der Waals surface area contributed by atoms with Crippen LogP contribution in [0.15, 0.2) is 24.3 Å². The molecule has 1 aliphatic rings. The van der Waals surface area contributed by atoms with Gasteiger partial charge in [-0.2, -0.15) is 13.2 Å². The Morgan fingerprint density at radius 3 is 2.82 bits per heavy atom. The molecule has 124 valence electrons. The number of benzene rings is 1. The first-order chi connectivity index (χ1) is 9.88. The van der Waals surface area contributed by atoms with Crippen molar-refractivity contribution in [3.63, 3.8) is 0 Å². The van der Waals surface area contributed by atoms with Crippen molar-refractivity contribution in [1.29, 1.82) is 0 Å². The lowest BCUT2D eigenvalue weighted by Gasteiger charge is -2.33. The number of piperazine rings is 1. The molecule has 2 rings (SSSR count). The lowest BCUT2D eigenvalue weighted by atomic mass is 10.2. The van der Waals surface area contributed by atoms with Crippen LogP contribution in [0.25, 0.3) is 0 Å². The van der Waals surface area contributed by atoms with Gasteiger partial charge >= 0.3 is 6.18 Å². The molecule has 1 heterocycles. The van der Waals surface area contributed by atoms with E-state index in [-0.39, 0.29) is 36.7 Å². The van der Waals surface area contributed by atoms with Gasteiger partial charge < -0.3 is 15.0 Å². The SMILES string of the molecule is C[C@H]1CNCCN1C(=O)COc1cccc(C(F)(F)F)c1.Cl. The predicted molar refractivity (Wildman–Crippen MR) is 78.2 cm³/mol. The smallest absolute Gasteiger partial charge is 0.416 e. The lowest BCUT2D eigenvalue weighted by Crippen LogP contribution is -2.53. The maximum absolute atomic E-state index is 12.6. The molecule has 0 unspecified atom stereocenters. The van der Waals surface area contributed by atoms with Crippen molar-refractivity contribution in [3.05, 3.63) is 29.8 Å². The van der Waals surface area contributed by atoms with Gasteiger partial charge in [0.15, 0.2) is 6.61 Å². The van der Waals surface area contributed by atoms with Crippen LogP contribution in [0.2, 0.25) is 0 Å². The summed E-state index contributed by atoms with van der Waals surface area (Å²) in [4.78, 5) is 13.7. The van der Waals surface area contributed by atoms with Crippen molar-refractivity contribution in [2.24, 2.45) is 0 Å². The van der Waals surface area contributed by atoms with E-state index in [0.717, 1.165) is 12.1 Å². The first-order valence-corrected chi connectivity index (χ1v) is 6.68. The number of amides is 1. The molecule has 1 fully saturated rings. The number of rotatable bonds is 3. The number of halogens is 4. The third-order valence-corrected chi connectivity index (χ3v) is 3.35. The molecule has 0 aromatic heterocycles. The van der Waals surface area contributed by atoms with E-state index in [4.69, 9.17) is 4.74 Å². The molecule has 1 aliphatic heterocycles. The Labute approximate surface area is 133 Å². The van der Waals surface area contributed by atoms with Crippen molar-refractivity contribution in [1.82, 2.24) is 10.2 Å². The highest BCUT2D eigenvalue weighted by atomic mass is 35.5. The highest BCUT2D eigenvalue weighted by molar-refractivity contribution is 5.85. The third-order valence-electron chi connectivity index (χ3n) is 3.35. The van der Waals surface area contributed by atoms with Gasteiger partial charge in [0.25, 0.3) is 5.91 Å². The van der Waals surface area contributed by atoms with Crippen molar-refractivity contribution < 1.29 is 22.7 Å². The minimum absolute atomic E-state index is 0. The number of nitrogens with one attached hydrogen (secondary N) is 1. The molecule has 0 radical (unpaired) electrons. The first kappa shape index (κ1) is 18.6. The molecule has 1 amide bonds. The molecule has 1 aromatic carbocycles. The second-order valence-corrected chi connectivity index (χ2v) is 4.95. The minimum atomic E-state index is -4.42. The Morgan fingerprint density at radius 2 is 2.18 bits per heavy atom. The zero-order chi connectivity index (χ0) is 15.5. The summed E-state index contributed by atoms with van der Waals surface area (Å²) in [6, 6.07) is 4.58. The molecular formula is C14H18ClF3N2O2. The molecule has 0 bridgehead atoms. The highest BCUT2D eigenvalue weighted by Gasteiger charge is 2.30. The molecule has 4 nitrogen and oxygen atoms in total. The van der Waals surface area contributed by atoms with E-state index in [9.17, 15) is 18.0 Å². The summed E-state index contributed by atoms with van der Waals surface area (Å²) in [5.74, 6) is -0.178. The molecule has 0 aliphatic carbocycles. The maximum atomic E-state index is 12.6. The number of hydrogen-bond acceptors (Lipinski definition) is 3. The second-order valence-electron chi connectivity index (χ2n) is 4.95. The van der Waals surface area contributed by atoms with E-state index in [2.05, 4.69) is 5.32 Å². The van der Waals surface area contributed by atoms with Crippen LogP contribution in [0, 0.1) is 0 Å². The number of hydrogen-bond donors (Lipinski definition) is 1. The fourth-order valence-electron chi connectivity index (χ4n) is 2.20. The Balaban J connectivity index is 0.00000242. The Morgan fingerprint density at radius 1 is 1.45 bits per heavy atom. The molecule has 0 spiro atoms. The molecule has 22 heavy (non-hydrogen) atoms. The van der Waals surface area contributed by atoms with Gasteiger partial charge in [0, 0.05) is 25.7 Å². The van der Waals surface area contributed by atoms with E-state index in [0.29, 0.717) is 19.6 Å². The maximum Gasteiger partial charge on any atom is 0.416 e. The van der Waals surface area contributed by atoms with Gasteiger partial charge in [-0.05, 0) is 25.1 Å². The van der Waals surface area contributed by atoms with E-state index >= 15 is 0 Å². The number of carbonyl (C=O) groups is 1. The van der Waals surface area contributed by atoms with Crippen molar-refractivity contribution in [2.45, 2.75) is 19.1 Å². The average molecular weight is 339 g/mol. The molecular weight excluding hydrogens is 321 g/mol. The molecule has 8 heteroatoms. The molecule has 1 aromatic rings.